The van der Waals surface area contributed by atoms with Crippen LogP contribution >= 0.6 is 0 Å². The van der Waals surface area contributed by atoms with Crippen molar-refractivity contribution in [2.45, 2.75) is 19.9 Å². The first-order valence-corrected chi connectivity index (χ1v) is 5.36. The summed E-state index contributed by atoms with van der Waals surface area (Å²) in [5, 5.41) is 9.82. The molecule has 1 aromatic rings. The van der Waals surface area contributed by atoms with Crippen LogP contribution in [0, 0.1) is 0 Å². The van der Waals surface area contributed by atoms with Crippen molar-refractivity contribution in [3.63, 3.8) is 0 Å². The van der Waals surface area contributed by atoms with E-state index in [1.54, 1.807) is 6.07 Å². The van der Waals surface area contributed by atoms with Crippen LogP contribution in [0.5, 0.6) is 5.75 Å². The predicted octanol–water partition coefficient (Wildman–Crippen LogP) is 2.42. The molecule has 0 spiro atoms. The van der Waals surface area contributed by atoms with Crippen molar-refractivity contribution < 1.29 is 5.11 Å². The molecule has 3 heteroatoms. The smallest absolute Gasteiger partial charge is 0.122 e. The van der Waals surface area contributed by atoms with Crippen LogP contribution in [-0.4, -0.2) is 18.7 Å². The Morgan fingerprint density at radius 2 is 2.19 bits per heavy atom. The van der Waals surface area contributed by atoms with Gasteiger partial charge in [0.25, 0.3) is 0 Å². The topological polar surface area (TPSA) is 49.5 Å². The molecular weight excluding hydrogens is 200 g/mol. The average Bonchev–Trinajstić information content (AvgIpc) is 2.15. The summed E-state index contributed by atoms with van der Waals surface area (Å²) < 4.78 is 0. The minimum absolute atomic E-state index is 0.152. The van der Waals surface area contributed by atoms with E-state index in [2.05, 4.69) is 6.58 Å². The highest BCUT2D eigenvalue weighted by atomic mass is 16.3. The molecule has 1 aromatic carbocycles. The lowest BCUT2D eigenvalue weighted by molar-refractivity contribution is 0.464. The molecular formula is C13H20N2O. The van der Waals surface area contributed by atoms with Gasteiger partial charge in [-0.05, 0) is 19.9 Å². The summed E-state index contributed by atoms with van der Waals surface area (Å²) in [7, 11) is 1.97. The van der Waals surface area contributed by atoms with Crippen LogP contribution in [0.4, 0.5) is 5.69 Å². The number of benzene rings is 1. The second-order valence-corrected chi connectivity index (χ2v) is 4.34. The molecule has 16 heavy (non-hydrogen) atoms. The maximum atomic E-state index is 9.82. The maximum absolute atomic E-state index is 9.82. The normalized spacial score (nSPS) is 12.2. The number of aromatic hydroxyl groups is 1. The lowest BCUT2D eigenvalue weighted by Crippen LogP contribution is -2.19. The van der Waals surface area contributed by atoms with Crippen molar-refractivity contribution in [3.05, 3.63) is 35.9 Å². The van der Waals surface area contributed by atoms with Gasteiger partial charge in [-0.1, -0.05) is 18.2 Å². The van der Waals surface area contributed by atoms with E-state index in [1.165, 1.54) is 0 Å². The fourth-order valence-corrected chi connectivity index (χ4v) is 1.65. The molecule has 0 aliphatic carbocycles. The quantitative estimate of drug-likeness (QED) is 0.766. The summed E-state index contributed by atoms with van der Waals surface area (Å²) in [6.45, 7) is 8.47. The Hall–Kier alpha value is -1.48. The van der Waals surface area contributed by atoms with Gasteiger partial charge < -0.3 is 15.7 Å². The van der Waals surface area contributed by atoms with Crippen LogP contribution in [0.2, 0.25) is 0 Å². The molecule has 1 atom stereocenters. The van der Waals surface area contributed by atoms with Crippen molar-refractivity contribution in [2.75, 3.05) is 18.5 Å². The molecule has 0 fully saturated rings. The van der Waals surface area contributed by atoms with Gasteiger partial charge in [0, 0.05) is 37.0 Å². The van der Waals surface area contributed by atoms with Crippen molar-refractivity contribution in [1.82, 2.24) is 0 Å². The molecule has 0 bridgehead atoms. The third kappa shape index (κ3) is 3.00. The van der Waals surface area contributed by atoms with E-state index >= 15 is 0 Å². The van der Waals surface area contributed by atoms with Crippen LogP contribution in [0.3, 0.4) is 0 Å². The summed E-state index contributed by atoms with van der Waals surface area (Å²) >= 11 is 0. The zero-order valence-electron chi connectivity index (χ0n) is 10.2. The third-order valence-corrected chi connectivity index (χ3v) is 2.45. The third-order valence-electron chi connectivity index (χ3n) is 2.45. The van der Waals surface area contributed by atoms with E-state index in [0.717, 1.165) is 23.4 Å². The van der Waals surface area contributed by atoms with E-state index in [0.29, 0.717) is 0 Å². The summed E-state index contributed by atoms with van der Waals surface area (Å²) in [6, 6.07) is 5.41. The zero-order valence-corrected chi connectivity index (χ0v) is 10.2. The Labute approximate surface area is 97.2 Å². The van der Waals surface area contributed by atoms with E-state index < -0.39 is 0 Å². The van der Waals surface area contributed by atoms with Crippen LogP contribution < -0.4 is 10.6 Å². The number of hydrogen-bond acceptors (Lipinski definition) is 3. The van der Waals surface area contributed by atoms with Gasteiger partial charge in [0.05, 0.1) is 0 Å². The van der Waals surface area contributed by atoms with Crippen LogP contribution in [-0.2, 0) is 0 Å². The first kappa shape index (κ1) is 12.6. The number of nitrogens with zero attached hydrogens (tertiary/aromatic N) is 1. The number of nitrogens with two attached hydrogens (primary N) is 1. The van der Waals surface area contributed by atoms with Crippen molar-refractivity contribution in [3.8, 4) is 5.75 Å². The SMILES string of the molecule is C=C(C)CN(C)c1ccc(C(C)N)c(O)c1. The molecule has 1 unspecified atom stereocenters. The minimum atomic E-state index is -0.152. The minimum Gasteiger partial charge on any atom is -0.508 e. The highest BCUT2D eigenvalue weighted by Gasteiger charge is 2.08. The van der Waals surface area contributed by atoms with Crippen molar-refractivity contribution in [2.24, 2.45) is 5.73 Å². The monoisotopic (exact) mass is 220 g/mol. The Morgan fingerprint density at radius 3 is 2.62 bits per heavy atom. The lowest BCUT2D eigenvalue weighted by Gasteiger charge is -2.20. The van der Waals surface area contributed by atoms with Crippen LogP contribution in [0.1, 0.15) is 25.5 Å². The summed E-state index contributed by atoms with van der Waals surface area (Å²) in [5.41, 5.74) is 8.55. The Kier molecular flexibility index (Phi) is 3.96. The van der Waals surface area contributed by atoms with Crippen LogP contribution in [0.15, 0.2) is 30.4 Å². The largest absolute Gasteiger partial charge is 0.508 e. The molecule has 0 aliphatic rings. The molecule has 0 saturated carbocycles. The number of likely N-dealkylation sites (N-methyl/N-ethyl adjacent to an activating group) is 1. The molecule has 3 N–H and O–H groups in total. The zero-order chi connectivity index (χ0) is 12.3. The van der Waals surface area contributed by atoms with Gasteiger partial charge >= 0.3 is 0 Å². The van der Waals surface area contributed by atoms with Gasteiger partial charge in [-0.2, -0.15) is 0 Å². The van der Waals surface area contributed by atoms with Gasteiger partial charge in [-0.25, -0.2) is 0 Å². The first-order valence-electron chi connectivity index (χ1n) is 5.36. The molecule has 1 rings (SSSR count). The Morgan fingerprint density at radius 1 is 1.56 bits per heavy atom. The van der Waals surface area contributed by atoms with Gasteiger partial charge in [-0.3, -0.25) is 0 Å². The molecule has 88 valence electrons. The fourth-order valence-electron chi connectivity index (χ4n) is 1.65. The number of anilines is 1. The van der Waals surface area contributed by atoms with Crippen molar-refractivity contribution >= 4 is 5.69 Å². The fraction of sp³-hybridized carbons (Fsp3) is 0.385. The van der Waals surface area contributed by atoms with Gasteiger partial charge in [0.15, 0.2) is 0 Å². The van der Waals surface area contributed by atoms with Gasteiger partial charge in [-0.15, -0.1) is 0 Å². The maximum Gasteiger partial charge on any atom is 0.122 e. The Bertz CT molecular complexity index is 386. The molecule has 0 aliphatic heterocycles. The molecule has 0 saturated heterocycles. The average molecular weight is 220 g/mol. The summed E-state index contributed by atoms with van der Waals surface area (Å²) in [6.07, 6.45) is 0. The molecule has 0 aromatic heterocycles. The molecule has 3 nitrogen and oxygen atoms in total. The van der Waals surface area contributed by atoms with Crippen LogP contribution in [0.25, 0.3) is 0 Å². The molecule has 0 heterocycles. The second kappa shape index (κ2) is 5.03. The number of phenolic OH excluding ortho intramolecular Hbond substituents is 1. The highest BCUT2D eigenvalue weighted by molar-refractivity contribution is 5.54. The Balaban J connectivity index is 2.92. The summed E-state index contributed by atoms with van der Waals surface area (Å²) in [4.78, 5) is 2.03. The number of phenols is 1. The molecule has 0 radical (unpaired) electrons. The highest BCUT2D eigenvalue weighted by Crippen LogP contribution is 2.27. The van der Waals surface area contributed by atoms with E-state index in [1.807, 2.05) is 37.9 Å². The van der Waals surface area contributed by atoms with E-state index in [4.69, 9.17) is 5.73 Å². The first-order chi connectivity index (χ1) is 7.41. The summed E-state index contributed by atoms with van der Waals surface area (Å²) in [5.74, 6) is 0.251. The standard InChI is InChI=1S/C13H20N2O/c1-9(2)8-15(4)11-5-6-12(10(3)14)13(16)7-11/h5-7,10,16H,1,8,14H2,2-4H3. The van der Waals surface area contributed by atoms with Gasteiger partial charge in [0.2, 0.25) is 0 Å². The molecule has 0 amide bonds. The lowest BCUT2D eigenvalue weighted by atomic mass is 10.1. The number of rotatable bonds is 4. The van der Waals surface area contributed by atoms with E-state index in [9.17, 15) is 5.11 Å². The van der Waals surface area contributed by atoms with Gasteiger partial charge in [0.1, 0.15) is 5.75 Å². The van der Waals surface area contributed by atoms with E-state index in [-0.39, 0.29) is 11.8 Å². The predicted molar refractivity (Wildman–Crippen MR) is 68.8 cm³/mol. The van der Waals surface area contributed by atoms with Crippen molar-refractivity contribution in [1.29, 1.82) is 0 Å². The second-order valence-electron chi connectivity index (χ2n) is 4.34. The number of hydrogen-bond donors (Lipinski definition) is 2.